The number of hydrogen-bond acceptors (Lipinski definition) is 3. The SMILES string of the molecule is C[C@@H]1OC(C)(C)O[C@@]12C=C[C@H](O[Si](C)(C)C(C)(C)C)C2. The highest BCUT2D eigenvalue weighted by Crippen LogP contribution is 2.46. The van der Waals surface area contributed by atoms with E-state index in [0.29, 0.717) is 0 Å². The Hall–Kier alpha value is -0.163. The molecule has 1 aliphatic heterocycles. The Morgan fingerprint density at radius 2 is 1.85 bits per heavy atom. The zero-order valence-corrected chi connectivity index (χ0v) is 15.2. The van der Waals surface area contributed by atoms with Gasteiger partial charge in [0, 0.05) is 6.42 Å². The van der Waals surface area contributed by atoms with Crippen molar-refractivity contribution >= 4 is 8.32 Å². The second kappa shape index (κ2) is 4.67. The molecule has 0 unspecified atom stereocenters. The summed E-state index contributed by atoms with van der Waals surface area (Å²) in [5, 5.41) is 0.231. The Balaban J connectivity index is 2.06. The molecule has 3 nitrogen and oxygen atoms in total. The minimum Gasteiger partial charge on any atom is -0.410 e. The highest BCUT2D eigenvalue weighted by Gasteiger charge is 2.53. The van der Waals surface area contributed by atoms with Gasteiger partial charge in [0.2, 0.25) is 0 Å². The molecular weight excluding hydrogens is 268 g/mol. The molecule has 2 rings (SSSR count). The molecule has 0 amide bonds. The highest BCUT2D eigenvalue weighted by molar-refractivity contribution is 6.74. The molecule has 0 radical (unpaired) electrons. The van der Waals surface area contributed by atoms with Gasteiger partial charge >= 0.3 is 0 Å². The standard InChI is InChI=1S/C16H30O3Si/c1-12-16(19-15(5,6)17-12)10-9-13(11-16)18-20(7,8)14(2,3)4/h9-10,12-13H,11H2,1-8H3/t12-,13-,16+/m0/s1. The van der Waals surface area contributed by atoms with Crippen LogP contribution in [0.25, 0.3) is 0 Å². The lowest BCUT2D eigenvalue weighted by molar-refractivity contribution is -0.156. The molecule has 116 valence electrons. The summed E-state index contributed by atoms with van der Waals surface area (Å²) < 4.78 is 18.6. The summed E-state index contributed by atoms with van der Waals surface area (Å²) in [6.45, 7) is 17.5. The minimum absolute atomic E-state index is 0.0711. The van der Waals surface area contributed by atoms with Crippen molar-refractivity contribution in [3.05, 3.63) is 12.2 Å². The summed E-state index contributed by atoms with van der Waals surface area (Å²) in [4.78, 5) is 0. The molecule has 2 aliphatic rings. The maximum absolute atomic E-state index is 6.48. The van der Waals surface area contributed by atoms with Gasteiger partial charge in [-0.15, -0.1) is 0 Å². The van der Waals surface area contributed by atoms with Crippen LogP contribution in [-0.2, 0) is 13.9 Å². The monoisotopic (exact) mass is 298 g/mol. The van der Waals surface area contributed by atoms with E-state index in [4.69, 9.17) is 13.9 Å². The van der Waals surface area contributed by atoms with Crippen LogP contribution in [0.3, 0.4) is 0 Å². The van der Waals surface area contributed by atoms with Crippen LogP contribution in [-0.4, -0.2) is 31.9 Å². The smallest absolute Gasteiger partial charge is 0.192 e. The van der Waals surface area contributed by atoms with E-state index in [1.807, 2.05) is 13.8 Å². The van der Waals surface area contributed by atoms with E-state index in [1.165, 1.54) is 0 Å². The van der Waals surface area contributed by atoms with Crippen molar-refractivity contribution in [2.24, 2.45) is 0 Å². The molecule has 0 aromatic heterocycles. The second-order valence-corrected chi connectivity index (χ2v) is 13.0. The van der Waals surface area contributed by atoms with Crippen LogP contribution in [0, 0.1) is 0 Å². The lowest BCUT2D eigenvalue weighted by atomic mass is 9.97. The fourth-order valence-corrected chi connectivity index (χ4v) is 4.10. The van der Waals surface area contributed by atoms with Crippen molar-refractivity contribution in [3.63, 3.8) is 0 Å². The second-order valence-electron chi connectivity index (χ2n) is 8.20. The first-order valence-corrected chi connectivity index (χ1v) is 10.5. The average Bonchev–Trinajstić information content (AvgIpc) is 2.67. The third kappa shape index (κ3) is 2.89. The highest BCUT2D eigenvalue weighted by atomic mass is 28.4. The first kappa shape index (κ1) is 16.2. The van der Waals surface area contributed by atoms with Gasteiger partial charge in [0.25, 0.3) is 0 Å². The first-order valence-electron chi connectivity index (χ1n) is 7.62. The molecule has 20 heavy (non-hydrogen) atoms. The lowest BCUT2D eigenvalue weighted by Crippen LogP contribution is -2.45. The van der Waals surface area contributed by atoms with Crippen molar-refractivity contribution in [3.8, 4) is 0 Å². The molecule has 4 heteroatoms. The van der Waals surface area contributed by atoms with Gasteiger partial charge in [-0.3, -0.25) is 0 Å². The minimum atomic E-state index is -1.74. The summed E-state index contributed by atoms with van der Waals surface area (Å²) >= 11 is 0. The molecule has 1 spiro atoms. The molecule has 0 N–H and O–H groups in total. The predicted molar refractivity (Wildman–Crippen MR) is 84.3 cm³/mol. The summed E-state index contributed by atoms with van der Waals surface area (Å²) in [5.41, 5.74) is -0.309. The van der Waals surface area contributed by atoms with Gasteiger partial charge in [-0.2, -0.15) is 0 Å². The summed E-state index contributed by atoms with van der Waals surface area (Å²) in [6.07, 6.45) is 5.41. The van der Waals surface area contributed by atoms with Gasteiger partial charge in [-0.1, -0.05) is 32.9 Å². The van der Waals surface area contributed by atoms with Crippen molar-refractivity contribution in [2.75, 3.05) is 0 Å². The molecule has 0 aromatic carbocycles. The van der Waals surface area contributed by atoms with E-state index in [-0.39, 0.29) is 22.8 Å². The van der Waals surface area contributed by atoms with E-state index in [2.05, 4.69) is 52.9 Å². The summed E-state index contributed by atoms with van der Waals surface area (Å²) in [7, 11) is -1.74. The van der Waals surface area contributed by atoms with Crippen LogP contribution >= 0.6 is 0 Å². The van der Waals surface area contributed by atoms with E-state index >= 15 is 0 Å². The van der Waals surface area contributed by atoms with Crippen LogP contribution < -0.4 is 0 Å². The van der Waals surface area contributed by atoms with Crippen molar-refractivity contribution < 1.29 is 13.9 Å². The third-order valence-electron chi connectivity index (χ3n) is 4.95. The molecule has 3 atom stereocenters. The number of ether oxygens (including phenoxy) is 2. The largest absolute Gasteiger partial charge is 0.410 e. The van der Waals surface area contributed by atoms with Crippen molar-refractivity contribution in [1.82, 2.24) is 0 Å². The fourth-order valence-electron chi connectivity index (χ4n) is 2.82. The van der Waals surface area contributed by atoms with E-state index in [9.17, 15) is 0 Å². The van der Waals surface area contributed by atoms with E-state index in [0.717, 1.165) is 6.42 Å². The Morgan fingerprint density at radius 1 is 1.25 bits per heavy atom. The molecule has 0 aromatic rings. The molecule has 1 saturated heterocycles. The van der Waals surface area contributed by atoms with Crippen LogP contribution in [0.2, 0.25) is 18.1 Å². The predicted octanol–water partition coefficient (Wildman–Crippen LogP) is 4.25. The molecule has 1 heterocycles. The Morgan fingerprint density at radius 3 is 2.30 bits per heavy atom. The Kier molecular flexibility index (Phi) is 3.78. The zero-order valence-electron chi connectivity index (χ0n) is 14.2. The van der Waals surface area contributed by atoms with Gasteiger partial charge in [-0.25, -0.2) is 0 Å². The quantitative estimate of drug-likeness (QED) is 0.563. The third-order valence-corrected chi connectivity index (χ3v) is 9.45. The lowest BCUT2D eigenvalue weighted by Gasteiger charge is -2.38. The van der Waals surface area contributed by atoms with Gasteiger partial charge in [0.1, 0.15) is 5.60 Å². The van der Waals surface area contributed by atoms with Gasteiger partial charge < -0.3 is 13.9 Å². The fraction of sp³-hybridized carbons (Fsp3) is 0.875. The summed E-state index contributed by atoms with van der Waals surface area (Å²) in [5.74, 6) is -0.504. The topological polar surface area (TPSA) is 27.7 Å². The Labute approximate surface area is 124 Å². The molecule has 0 saturated carbocycles. The van der Waals surface area contributed by atoms with Crippen LogP contribution in [0.4, 0.5) is 0 Å². The van der Waals surface area contributed by atoms with Gasteiger partial charge in [0.15, 0.2) is 14.1 Å². The van der Waals surface area contributed by atoms with Crippen LogP contribution in [0.1, 0.15) is 48.0 Å². The first-order chi connectivity index (χ1) is 8.87. The molecular formula is C16H30O3Si. The molecule has 0 bridgehead atoms. The van der Waals surface area contributed by atoms with Gasteiger partial charge in [-0.05, 0) is 38.9 Å². The summed E-state index contributed by atoms with van der Waals surface area (Å²) in [6, 6.07) is 0. The zero-order chi connectivity index (χ0) is 15.4. The maximum Gasteiger partial charge on any atom is 0.192 e. The van der Waals surface area contributed by atoms with Crippen LogP contribution in [0.5, 0.6) is 0 Å². The van der Waals surface area contributed by atoms with E-state index in [1.54, 1.807) is 0 Å². The van der Waals surface area contributed by atoms with Crippen LogP contribution in [0.15, 0.2) is 12.2 Å². The van der Waals surface area contributed by atoms with Gasteiger partial charge in [0.05, 0.1) is 12.2 Å². The van der Waals surface area contributed by atoms with Crippen molar-refractivity contribution in [1.29, 1.82) is 0 Å². The maximum atomic E-state index is 6.48. The molecule has 1 fully saturated rings. The van der Waals surface area contributed by atoms with E-state index < -0.39 is 14.1 Å². The number of hydrogen-bond donors (Lipinski definition) is 0. The molecule has 1 aliphatic carbocycles. The van der Waals surface area contributed by atoms with Crippen molar-refractivity contribution in [2.45, 2.75) is 89.7 Å². The Bertz CT molecular complexity index is 408. The average molecular weight is 298 g/mol. The number of rotatable bonds is 2. The normalized spacial score (nSPS) is 37.0.